The van der Waals surface area contributed by atoms with E-state index in [1.165, 1.54) is 12.1 Å². The first-order valence-corrected chi connectivity index (χ1v) is 8.71. The summed E-state index contributed by atoms with van der Waals surface area (Å²) >= 11 is 6.24. The molecule has 0 radical (unpaired) electrons. The molecule has 0 saturated carbocycles. The van der Waals surface area contributed by atoms with Gasteiger partial charge in [0.05, 0.1) is 29.0 Å². The molecule has 2 bridgehead atoms. The lowest BCUT2D eigenvalue weighted by Crippen LogP contribution is -2.58. The molecule has 2 saturated heterocycles. The highest BCUT2D eigenvalue weighted by Crippen LogP contribution is 2.67. The molecule has 0 aromatic heterocycles. The molecule has 9 nitrogen and oxygen atoms in total. The van der Waals surface area contributed by atoms with E-state index in [1.54, 1.807) is 13.8 Å². The molecule has 2 aliphatic rings. The minimum Gasteiger partial charge on any atom is -0.447 e. The summed E-state index contributed by atoms with van der Waals surface area (Å²) in [7, 11) is 0. The first-order valence-electron chi connectivity index (χ1n) is 8.33. The molecule has 2 fully saturated rings. The van der Waals surface area contributed by atoms with Crippen molar-refractivity contribution in [3.05, 3.63) is 38.9 Å². The van der Waals surface area contributed by atoms with Gasteiger partial charge in [0, 0.05) is 29.1 Å². The van der Waals surface area contributed by atoms with Crippen LogP contribution in [0.4, 0.5) is 5.69 Å². The van der Waals surface area contributed by atoms with Crippen molar-refractivity contribution in [3.63, 3.8) is 0 Å². The lowest BCUT2D eigenvalue weighted by molar-refractivity contribution is -0.385. The molecule has 142 valence electrons. The van der Waals surface area contributed by atoms with Gasteiger partial charge in [0.2, 0.25) is 17.1 Å². The summed E-state index contributed by atoms with van der Waals surface area (Å²) in [5, 5.41) is 49.6. The summed E-state index contributed by atoms with van der Waals surface area (Å²) in [6, 6.07) is 9.24. The van der Waals surface area contributed by atoms with Crippen LogP contribution in [0.1, 0.15) is 31.9 Å². The van der Waals surface area contributed by atoms with Crippen LogP contribution in [0.25, 0.3) is 0 Å². The van der Waals surface area contributed by atoms with Crippen molar-refractivity contribution in [2.24, 2.45) is 16.7 Å². The quantitative estimate of drug-likeness (QED) is 0.600. The smallest absolute Gasteiger partial charge is 0.269 e. The highest BCUT2D eigenvalue weighted by Gasteiger charge is 2.79. The average molecular weight is 400 g/mol. The monoisotopic (exact) mass is 399 g/mol. The molecule has 3 rings (SSSR count). The van der Waals surface area contributed by atoms with E-state index in [4.69, 9.17) is 26.5 Å². The molecule has 0 aliphatic carbocycles. The summed E-state index contributed by atoms with van der Waals surface area (Å²) in [5.74, 6) is -2.78. The number of nitro groups is 1. The highest BCUT2D eigenvalue weighted by molar-refractivity contribution is 6.31. The molecule has 0 spiro atoms. The molecular formula is C18H14ClN5O4. The number of fused-ring (bicyclic) bond motifs is 2. The van der Waals surface area contributed by atoms with Crippen molar-refractivity contribution in [2.75, 3.05) is 0 Å². The van der Waals surface area contributed by atoms with Gasteiger partial charge in [-0.3, -0.25) is 15.5 Å². The number of nitrogens with zero attached hydrogens (tertiary/aromatic N) is 4. The number of nitriles is 3. The van der Waals surface area contributed by atoms with E-state index in [2.05, 4.69) is 0 Å². The first kappa shape index (κ1) is 19.6. The molecule has 10 heteroatoms. The number of benzene rings is 1. The third kappa shape index (κ3) is 2.05. The maximum absolute atomic E-state index is 11.2. The fourth-order valence-corrected chi connectivity index (χ4v) is 4.38. The van der Waals surface area contributed by atoms with Gasteiger partial charge < -0.3 is 9.47 Å². The van der Waals surface area contributed by atoms with Crippen LogP contribution in [-0.4, -0.2) is 16.6 Å². The van der Waals surface area contributed by atoms with Gasteiger partial charge in [-0.2, -0.15) is 15.8 Å². The average Bonchev–Trinajstić information content (AvgIpc) is 2.84. The van der Waals surface area contributed by atoms with Crippen LogP contribution in [0.3, 0.4) is 0 Å². The number of hydrogen-bond acceptors (Lipinski definition) is 8. The Morgan fingerprint density at radius 2 is 1.96 bits per heavy atom. The summed E-state index contributed by atoms with van der Waals surface area (Å²) in [5.41, 5.74) is -4.43. The number of nitrogens with one attached hydrogen (secondary N) is 1. The van der Waals surface area contributed by atoms with Crippen LogP contribution in [0.2, 0.25) is 5.02 Å². The lowest BCUT2D eigenvalue weighted by Gasteiger charge is -2.48. The normalized spacial score (nSPS) is 32.5. The Kier molecular flexibility index (Phi) is 4.31. The molecule has 28 heavy (non-hydrogen) atoms. The van der Waals surface area contributed by atoms with Gasteiger partial charge in [-0.15, -0.1) is 0 Å². The molecule has 4 unspecified atom stereocenters. The second-order valence-electron chi connectivity index (χ2n) is 6.73. The Hall–Kier alpha value is -3.19. The summed E-state index contributed by atoms with van der Waals surface area (Å²) in [6.45, 7) is 3.30. The van der Waals surface area contributed by atoms with Crippen LogP contribution in [0.5, 0.6) is 0 Å². The predicted octanol–water partition coefficient (Wildman–Crippen LogP) is 3.61. The first-order chi connectivity index (χ1) is 13.2. The van der Waals surface area contributed by atoms with Gasteiger partial charge >= 0.3 is 0 Å². The number of hydrogen-bond donors (Lipinski definition) is 1. The Balaban J connectivity index is 2.38. The van der Waals surface area contributed by atoms with Crippen molar-refractivity contribution in [1.82, 2.24) is 0 Å². The van der Waals surface area contributed by atoms with Crippen molar-refractivity contribution in [3.8, 4) is 18.2 Å². The van der Waals surface area contributed by atoms with Crippen molar-refractivity contribution in [2.45, 2.75) is 32.2 Å². The van der Waals surface area contributed by atoms with E-state index in [0.717, 1.165) is 6.07 Å². The highest BCUT2D eigenvalue weighted by atomic mass is 35.5. The van der Waals surface area contributed by atoms with Crippen LogP contribution in [0, 0.1) is 66.3 Å². The zero-order valence-electron chi connectivity index (χ0n) is 14.9. The van der Waals surface area contributed by atoms with Crippen molar-refractivity contribution in [1.29, 1.82) is 21.2 Å². The molecule has 2 heterocycles. The van der Waals surface area contributed by atoms with Crippen molar-refractivity contribution < 1.29 is 14.4 Å². The fraction of sp³-hybridized carbons (Fsp3) is 0.444. The SMILES string of the molecule is CCC12OC(=N)C(C#N)(C1C)C(C#N)(C#N)C(c1cc([N+](=O)[O-])ccc1Cl)O2. The predicted molar refractivity (Wildman–Crippen MR) is 94.6 cm³/mol. The van der Waals surface area contributed by atoms with Crippen molar-refractivity contribution >= 4 is 23.2 Å². The van der Waals surface area contributed by atoms with Crippen LogP contribution >= 0.6 is 11.6 Å². The molecule has 0 amide bonds. The van der Waals surface area contributed by atoms with Gasteiger partial charge in [-0.05, 0) is 6.07 Å². The van der Waals surface area contributed by atoms with E-state index in [0.29, 0.717) is 0 Å². The number of non-ortho nitro benzene ring substituents is 1. The Labute approximate surface area is 165 Å². The van der Waals surface area contributed by atoms with E-state index in [-0.39, 0.29) is 22.7 Å². The second kappa shape index (κ2) is 6.17. The number of halogens is 1. The molecule has 2 aliphatic heterocycles. The summed E-state index contributed by atoms with van der Waals surface area (Å²) in [4.78, 5) is 10.6. The van der Waals surface area contributed by atoms with Crippen LogP contribution < -0.4 is 0 Å². The van der Waals surface area contributed by atoms with Crippen LogP contribution in [-0.2, 0) is 9.47 Å². The topological polar surface area (TPSA) is 157 Å². The lowest BCUT2D eigenvalue weighted by atomic mass is 9.53. The van der Waals surface area contributed by atoms with Crippen LogP contribution in [0.15, 0.2) is 18.2 Å². The van der Waals surface area contributed by atoms with E-state index >= 15 is 0 Å². The standard InChI is InChI=1S/C18H14ClN5O4/c1-3-18-10(2)17(9-22,15(23)28-18)16(7-20,8-21)14(27-18)12-6-11(24(25)26)4-5-13(12)19/h4-6,10,14,23H,3H2,1-2H3. The van der Waals surface area contributed by atoms with E-state index < -0.39 is 39.5 Å². The number of nitro benzene ring substituents is 1. The zero-order valence-corrected chi connectivity index (χ0v) is 15.6. The summed E-state index contributed by atoms with van der Waals surface area (Å²) in [6.07, 6.45) is -1.22. The third-order valence-electron chi connectivity index (χ3n) is 5.77. The van der Waals surface area contributed by atoms with E-state index in [9.17, 15) is 25.9 Å². The Morgan fingerprint density at radius 3 is 2.46 bits per heavy atom. The maximum Gasteiger partial charge on any atom is 0.269 e. The molecular weight excluding hydrogens is 386 g/mol. The third-order valence-corrected chi connectivity index (χ3v) is 6.11. The van der Waals surface area contributed by atoms with Gasteiger partial charge in [0.25, 0.3) is 5.69 Å². The molecule has 4 atom stereocenters. The fourth-order valence-electron chi connectivity index (χ4n) is 4.17. The zero-order chi connectivity index (χ0) is 20.9. The molecule has 1 N–H and O–H groups in total. The second-order valence-corrected chi connectivity index (χ2v) is 7.14. The number of ether oxygens (including phenoxy) is 2. The number of rotatable bonds is 3. The minimum atomic E-state index is -2.20. The minimum absolute atomic E-state index is 0.0154. The Morgan fingerprint density at radius 1 is 1.32 bits per heavy atom. The Bertz CT molecular complexity index is 1010. The van der Waals surface area contributed by atoms with Gasteiger partial charge in [0.1, 0.15) is 6.10 Å². The maximum atomic E-state index is 11.2. The van der Waals surface area contributed by atoms with Gasteiger partial charge in [0.15, 0.2) is 5.41 Å². The van der Waals surface area contributed by atoms with Gasteiger partial charge in [-0.1, -0.05) is 25.4 Å². The molecule has 1 aromatic rings. The largest absolute Gasteiger partial charge is 0.447 e. The summed E-state index contributed by atoms with van der Waals surface area (Å²) < 4.78 is 11.7. The van der Waals surface area contributed by atoms with E-state index in [1.807, 2.05) is 18.2 Å². The molecule has 1 aromatic carbocycles. The van der Waals surface area contributed by atoms with Gasteiger partial charge in [-0.25, -0.2) is 0 Å².